The predicted molar refractivity (Wildman–Crippen MR) is 86.1 cm³/mol. The topological polar surface area (TPSA) is 37.4 Å². The van der Waals surface area contributed by atoms with Gasteiger partial charge in [0.2, 0.25) is 5.88 Å². The van der Waals surface area contributed by atoms with Crippen LogP contribution in [0.25, 0.3) is 0 Å². The lowest BCUT2D eigenvalue weighted by Crippen LogP contribution is -2.07. The lowest BCUT2D eigenvalue weighted by Gasteiger charge is -2.06. The molecule has 2 rings (SSSR count). The first-order valence-corrected chi connectivity index (χ1v) is 7.49. The molecular weight excluding hydrogens is 270 g/mol. The first kappa shape index (κ1) is 14.7. The van der Waals surface area contributed by atoms with Crippen molar-refractivity contribution < 1.29 is 4.74 Å². The summed E-state index contributed by atoms with van der Waals surface area (Å²) in [6, 6.07) is 8.52. The maximum Gasteiger partial charge on any atom is 0.231 e. The molecule has 0 radical (unpaired) electrons. The quantitative estimate of drug-likeness (QED) is 0.885. The number of rotatable bonds is 6. The van der Waals surface area contributed by atoms with Gasteiger partial charge in [0.05, 0.1) is 18.5 Å². The molecule has 0 atom stereocenters. The Morgan fingerprint density at radius 2 is 1.95 bits per heavy atom. The molecule has 0 aliphatic rings. The van der Waals surface area contributed by atoms with Gasteiger partial charge in [-0.15, -0.1) is 0 Å². The maximum absolute atomic E-state index is 5.33. The van der Waals surface area contributed by atoms with E-state index in [0.29, 0.717) is 5.88 Å². The zero-order chi connectivity index (χ0) is 14.5. The number of aryl methyl sites for hydroxylation is 1. The van der Waals surface area contributed by atoms with Crippen LogP contribution in [0.15, 0.2) is 24.3 Å². The highest BCUT2D eigenvalue weighted by molar-refractivity contribution is 7.15. The molecule has 1 heterocycles. The molecule has 0 unspecified atom stereocenters. The van der Waals surface area contributed by atoms with E-state index in [2.05, 4.69) is 41.5 Å². The normalized spacial score (nSPS) is 10.4. The molecule has 0 aliphatic carbocycles. The van der Waals surface area contributed by atoms with E-state index in [-0.39, 0.29) is 0 Å². The Bertz CT molecular complexity index is 549. The molecule has 0 fully saturated rings. The van der Waals surface area contributed by atoms with Crippen molar-refractivity contribution in [3.05, 3.63) is 34.7 Å². The van der Waals surface area contributed by atoms with Gasteiger partial charge in [0.1, 0.15) is 0 Å². The van der Waals surface area contributed by atoms with Crippen LogP contribution in [0.1, 0.15) is 17.4 Å². The average Bonchev–Trinajstić information content (AvgIpc) is 2.89. The van der Waals surface area contributed by atoms with Crippen LogP contribution >= 0.6 is 11.3 Å². The average molecular weight is 291 g/mol. The molecule has 2 aromatic rings. The van der Waals surface area contributed by atoms with Crippen molar-refractivity contribution in [2.45, 2.75) is 19.9 Å². The molecule has 1 aromatic carbocycles. The summed E-state index contributed by atoms with van der Waals surface area (Å²) in [6.07, 6.45) is 1.06. The van der Waals surface area contributed by atoms with E-state index in [0.717, 1.165) is 28.7 Å². The zero-order valence-corrected chi connectivity index (χ0v) is 13.3. The zero-order valence-electron chi connectivity index (χ0n) is 12.4. The Balaban J connectivity index is 2.05. The fraction of sp³-hybridized carbons (Fsp3) is 0.400. The smallest absolute Gasteiger partial charge is 0.231 e. The number of benzene rings is 1. The van der Waals surface area contributed by atoms with Crippen molar-refractivity contribution in [3.8, 4) is 5.88 Å². The number of ether oxygens (including phenoxy) is 1. The molecule has 4 nitrogen and oxygen atoms in total. The fourth-order valence-corrected chi connectivity index (χ4v) is 2.72. The number of anilines is 2. The first-order chi connectivity index (χ1) is 9.63. The van der Waals surface area contributed by atoms with Crippen LogP contribution in [-0.2, 0) is 13.0 Å². The lowest BCUT2D eigenvalue weighted by atomic mass is 10.1. The highest BCUT2D eigenvalue weighted by Crippen LogP contribution is 2.30. The third-order valence-corrected chi connectivity index (χ3v) is 4.25. The van der Waals surface area contributed by atoms with Gasteiger partial charge in [-0.1, -0.05) is 30.4 Å². The van der Waals surface area contributed by atoms with Crippen LogP contribution < -0.4 is 15.0 Å². The van der Waals surface area contributed by atoms with Gasteiger partial charge >= 0.3 is 0 Å². The predicted octanol–water partition coefficient (Wildman–Crippen LogP) is 3.39. The van der Waals surface area contributed by atoms with Gasteiger partial charge in [-0.25, -0.2) is 0 Å². The number of thiazole rings is 1. The molecule has 5 heteroatoms. The molecule has 1 N–H and O–H groups in total. The summed E-state index contributed by atoms with van der Waals surface area (Å²) < 4.78 is 5.33. The van der Waals surface area contributed by atoms with Crippen LogP contribution in [0.3, 0.4) is 0 Å². The van der Waals surface area contributed by atoms with E-state index < -0.39 is 0 Å². The molecular formula is C15H21N3OS. The van der Waals surface area contributed by atoms with Crippen molar-refractivity contribution in [2.75, 3.05) is 31.4 Å². The molecule has 0 bridgehead atoms. The van der Waals surface area contributed by atoms with Crippen LogP contribution in [-0.4, -0.2) is 26.2 Å². The number of nitrogens with one attached hydrogen (secondary N) is 1. The Kier molecular flexibility index (Phi) is 4.84. The number of hydrogen-bond donors (Lipinski definition) is 1. The van der Waals surface area contributed by atoms with Gasteiger partial charge in [-0.05, 0) is 24.1 Å². The summed E-state index contributed by atoms with van der Waals surface area (Å²) in [4.78, 5) is 7.55. The fourth-order valence-electron chi connectivity index (χ4n) is 1.83. The van der Waals surface area contributed by atoms with Crippen LogP contribution in [0.5, 0.6) is 5.88 Å². The molecule has 0 aliphatic heterocycles. The number of hydrogen-bond acceptors (Lipinski definition) is 5. The van der Waals surface area contributed by atoms with Gasteiger partial charge < -0.3 is 15.0 Å². The molecule has 20 heavy (non-hydrogen) atoms. The number of methoxy groups -OCH3 is 1. The minimum Gasteiger partial charge on any atom is -0.480 e. The van der Waals surface area contributed by atoms with Crippen molar-refractivity contribution in [2.24, 2.45) is 0 Å². The largest absolute Gasteiger partial charge is 0.480 e. The van der Waals surface area contributed by atoms with Crippen molar-refractivity contribution in [1.82, 2.24) is 4.98 Å². The van der Waals surface area contributed by atoms with E-state index in [1.165, 1.54) is 5.56 Å². The van der Waals surface area contributed by atoms with Crippen LogP contribution in [0, 0.1) is 0 Å². The Labute approximate surface area is 124 Å². The second-order valence-electron chi connectivity index (χ2n) is 4.73. The Hall–Kier alpha value is -1.75. The van der Waals surface area contributed by atoms with E-state index in [1.54, 1.807) is 18.4 Å². The number of nitrogens with zero attached hydrogens (tertiary/aromatic N) is 2. The van der Waals surface area contributed by atoms with Gasteiger partial charge in [0, 0.05) is 19.8 Å². The van der Waals surface area contributed by atoms with Crippen molar-refractivity contribution in [1.29, 1.82) is 0 Å². The standard InChI is InChI=1S/C15H21N3OS/c1-5-11-6-8-12(9-7-11)16-10-13-14(19-4)17-15(20-13)18(2)3/h6-9,16H,5,10H2,1-4H3. The second-order valence-corrected chi connectivity index (χ2v) is 5.79. The molecule has 0 saturated carbocycles. The summed E-state index contributed by atoms with van der Waals surface area (Å²) in [7, 11) is 5.63. The second kappa shape index (κ2) is 6.61. The van der Waals surface area contributed by atoms with Crippen molar-refractivity contribution >= 4 is 22.2 Å². The Morgan fingerprint density at radius 1 is 1.25 bits per heavy atom. The van der Waals surface area contributed by atoms with Crippen LogP contribution in [0.2, 0.25) is 0 Å². The van der Waals surface area contributed by atoms with Gasteiger partial charge in [-0.2, -0.15) is 4.98 Å². The van der Waals surface area contributed by atoms with E-state index in [1.807, 2.05) is 19.0 Å². The van der Waals surface area contributed by atoms with E-state index in [4.69, 9.17) is 4.74 Å². The van der Waals surface area contributed by atoms with E-state index in [9.17, 15) is 0 Å². The third-order valence-electron chi connectivity index (χ3n) is 3.04. The van der Waals surface area contributed by atoms with Gasteiger partial charge in [0.15, 0.2) is 5.13 Å². The molecule has 0 amide bonds. The SMILES string of the molecule is CCc1ccc(NCc2sc(N(C)C)nc2OC)cc1. The molecule has 108 valence electrons. The summed E-state index contributed by atoms with van der Waals surface area (Å²) in [5.74, 6) is 0.705. The maximum atomic E-state index is 5.33. The van der Waals surface area contributed by atoms with Crippen molar-refractivity contribution in [3.63, 3.8) is 0 Å². The lowest BCUT2D eigenvalue weighted by molar-refractivity contribution is 0.397. The number of aromatic nitrogens is 1. The highest BCUT2D eigenvalue weighted by Gasteiger charge is 2.12. The summed E-state index contributed by atoms with van der Waals surface area (Å²) in [5, 5.41) is 4.37. The molecule has 0 spiro atoms. The van der Waals surface area contributed by atoms with Gasteiger partial charge in [-0.3, -0.25) is 0 Å². The Morgan fingerprint density at radius 3 is 2.50 bits per heavy atom. The first-order valence-electron chi connectivity index (χ1n) is 6.68. The van der Waals surface area contributed by atoms with Gasteiger partial charge in [0.25, 0.3) is 0 Å². The third kappa shape index (κ3) is 3.42. The summed E-state index contributed by atoms with van der Waals surface area (Å²) in [6.45, 7) is 2.88. The summed E-state index contributed by atoms with van der Waals surface area (Å²) >= 11 is 1.65. The van der Waals surface area contributed by atoms with E-state index >= 15 is 0 Å². The minimum atomic E-state index is 0.705. The molecule has 1 aromatic heterocycles. The highest BCUT2D eigenvalue weighted by atomic mass is 32.1. The minimum absolute atomic E-state index is 0.705. The van der Waals surface area contributed by atoms with Crippen LogP contribution in [0.4, 0.5) is 10.8 Å². The summed E-state index contributed by atoms with van der Waals surface area (Å²) in [5.41, 5.74) is 2.46. The monoisotopic (exact) mass is 291 g/mol. The molecule has 0 saturated heterocycles.